The molecule has 96 valence electrons. The molecule has 1 heterocycles. The fourth-order valence-corrected chi connectivity index (χ4v) is 2.30. The van der Waals surface area contributed by atoms with Crippen LogP contribution in [0.5, 0.6) is 5.75 Å². The molecule has 0 saturated carbocycles. The van der Waals surface area contributed by atoms with E-state index >= 15 is 0 Å². The topological polar surface area (TPSA) is 50.4 Å². The van der Waals surface area contributed by atoms with Gasteiger partial charge in [0, 0.05) is 10.8 Å². The van der Waals surface area contributed by atoms with Gasteiger partial charge in [-0.15, -0.1) is 0 Å². The minimum atomic E-state index is -0.908. The molecule has 0 atom stereocenters. The van der Waals surface area contributed by atoms with Gasteiger partial charge in [-0.25, -0.2) is 4.79 Å². The third-order valence-electron chi connectivity index (χ3n) is 3.50. The van der Waals surface area contributed by atoms with Gasteiger partial charge in [-0.3, -0.25) is 0 Å². The molecular weight excluding hydrogens is 247 g/mol. The zero-order valence-electron chi connectivity index (χ0n) is 10.5. The van der Waals surface area contributed by atoms with E-state index in [4.69, 9.17) is 4.42 Å². The molecule has 0 aliphatic heterocycles. The highest BCUT2D eigenvalue weighted by atomic mass is 19.1. The van der Waals surface area contributed by atoms with E-state index in [0.29, 0.717) is 16.2 Å². The Bertz CT molecular complexity index is 878. The highest BCUT2D eigenvalue weighted by Crippen LogP contribution is 2.31. The Hall–Kier alpha value is -2.36. The standard InChI is InChI=1S/C15H11FO3/c1-7-3-4-9-10-5-6-11(17)13(16)14(10)19-15(18)12(9)8(7)2/h3-6,17H,1-2H3. The second-order valence-corrected chi connectivity index (χ2v) is 4.59. The Kier molecular flexibility index (Phi) is 2.35. The van der Waals surface area contributed by atoms with Crippen molar-refractivity contribution < 1.29 is 13.9 Å². The first-order chi connectivity index (χ1) is 9.00. The summed E-state index contributed by atoms with van der Waals surface area (Å²) in [5.41, 5.74) is 0.994. The van der Waals surface area contributed by atoms with Crippen LogP contribution in [0.4, 0.5) is 4.39 Å². The van der Waals surface area contributed by atoms with E-state index in [1.54, 1.807) is 12.1 Å². The molecule has 0 amide bonds. The maximum absolute atomic E-state index is 13.8. The third-order valence-corrected chi connectivity index (χ3v) is 3.50. The Balaban J connectivity index is 2.67. The van der Waals surface area contributed by atoms with Crippen LogP contribution in [0.25, 0.3) is 21.7 Å². The molecule has 0 saturated heterocycles. The number of hydrogen-bond donors (Lipinski definition) is 1. The Morgan fingerprint density at radius 3 is 2.53 bits per heavy atom. The van der Waals surface area contributed by atoms with Crippen LogP contribution in [0.3, 0.4) is 0 Å². The lowest BCUT2D eigenvalue weighted by molar-refractivity contribution is 0.426. The summed E-state index contributed by atoms with van der Waals surface area (Å²) in [7, 11) is 0. The summed E-state index contributed by atoms with van der Waals surface area (Å²) in [6, 6.07) is 6.45. The molecule has 3 nitrogen and oxygen atoms in total. The van der Waals surface area contributed by atoms with E-state index < -0.39 is 17.2 Å². The lowest BCUT2D eigenvalue weighted by atomic mass is 10.00. The van der Waals surface area contributed by atoms with Crippen molar-refractivity contribution in [1.29, 1.82) is 0 Å². The third kappa shape index (κ3) is 1.53. The largest absolute Gasteiger partial charge is 0.505 e. The normalized spacial score (nSPS) is 11.3. The smallest absolute Gasteiger partial charge is 0.344 e. The Morgan fingerprint density at radius 2 is 1.79 bits per heavy atom. The predicted octanol–water partition coefficient (Wildman–Crippen LogP) is 3.41. The maximum Gasteiger partial charge on any atom is 0.344 e. The van der Waals surface area contributed by atoms with Crippen molar-refractivity contribution in [2.75, 3.05) is 0 Å². The van der Waals surface area contributed by atoms with Crippen LogP contribution in [0.2, 0.25) is 0 Å². The number of phenols is 1. The fraction of sp³-hybridized carbons (Fsp3) is 0.133. The first-order valence-corrected chi connectivity index (χ1v) is 5.85. The summed E-state index contributed by atoms with van der Waals surface area (Å²) in [5, 5.41) is 10.9. The molecule has 1 N–H and O–H groups in total. The average Bonchev–Trinajstić information content (AvgIpc) is 2.38. The Labute approximate surface area is 107 Å². The van der Waals surface area contributed by atoms with E-state index in [1.165, 1.54) is 6.07 Å². The summed E-state index contributed by atoms with van der Waals surface area (Å²) >= 11 is 0. The van der Waals surface area contributed by atoms with E-state index in [0.717, 1.165) is 11.1 Å². The fourth-order valence-electron chi connectivity index (χ4n) is 2.30. The van der Waals surface area contributed by atoms with Gasteiger partial charge in [-0.2, -0.15) is 4.39 Å². The minimum Gasteiger partial charge on any atom is -0.505 e. The van der Waals surface area contributed by atoms with Crippen molar-refractivity contribution in [2.45, 2.75) is 13.8 Å². The highest BCUT2D eigenvalue weighted by molar-refractivity contribution is 6.06. The molecular formula is C15H11FO3. The van der Waals surface area contributed by atoms with Crippen LogP contribution in [-0.2, 0) is 0 Å². The van der Waals surface area contributed by atoms with Gasteiger partial charge >= 0.3 is 5.63 Å². The van der Waals surface area contributed by atoms with Crippen molar-refractivity contribution in [3.05, 3.63) is 51.6 Å². The lowest BCUT2D eigenvalue weighted by Gasteiger charge is -2.08. The minimum absolute atomic E-state index is 0.208. The van der Waals surface area contributed by atoms with Crippen LogP contribution in [0, 0.1) is 19.7 Å². The molecule has 3 rings (SSSR count). The SMILES string of the molecule is Cc1ccc2c(c1C)c(=O)oc1c(F)c(O)ccc12. The van der Waals surface area contributed by atoms with Crippen molar-refractivity contribution >= 4 is 21.7 Å². The van der Waals surface area contributed by atoms with Gasteiger partial charge in [-0.05, 0) is 37.1 Å². The summed E-state index contributed by atoms with van der Waals surface area (Å²) in [6.07, 6.45) is 0. The number of rotatable bonds is 0. The molecule has 1 aromatic heterocycles. The summed E-state index contributed by atoms with van der Waals surface area (Å²) in [4.78, 5) is 12.0. The lowest BCUT2D eigenvalue weighted by Crippen LogP contribution is -2.03. The molecule has 0 radical (unpaired) electrons. The zero-order chi connectivity index (χ0) is 13.7. The molecule has 0 aliphatic carbocycles. The number of hydrogen-bond acceptors (Lipinski definition) is 3. The van der Waals surface area contributed by atoms with E-state index in [1.807, 2.05) is 19.9 Å². The van der Waals surface area contributed by atoms with Crippen molar-refractivity contribution in [3.8, 4) is 5.75 Å². The second kappa shape index (κ2) is 3.82. The maximum atomic E-state index is 13.8. The summed E-state index contributed by atoms with van der Waals surface area (Å²) in [6.45, 7) is 3.73. The van der Waals surface area contributed by atoms with Crippen LogP contribution in [0.15, 0.2) is 33.5 Å². The quantitative estimate of drug-likeness (QED) is 0.496. The molecule has 0 spiro atoms. The van der Waals surface area contributed by atoms with Gasteiger partial charge in [0.2, 0.25) is 5.82 Å². The monoisotopic (exact) mass is 258 g/mol. The molecule has 2 aromatic carbocycles. The number of aromatic hydroxyl groups is 1. The highest BCUT2D eigenvalue weighted by Gasteiger charge is 2.15. The van der Waals surface area contributed by atoms with Crippen molar-refractivity contribution in [1.82, 2.24) is 0 Å². The average molecular weight is 258 g/mol. The number of benzene rings is 2. The van der Waals surface area contributed by atoms with Gasteiger partial charge < -0.3 is 9.52 Å². The van der Waals surface area contributed by atoms with E-state index in [9.17, 15) is 14.3 Å². The first kappa shape index (κ1) is 11.7. The van der Waals surface area contributed by atoms with E-state index in [-0.39, 0.29) is 5.58 Å². The number of aryl methyl sites for hydroxylation is 2. The van der Waals surface area contributed by atoms with Crippen LogP contribution < -0.4 is 5.63 Å². The predicted molar refractivity (Wildman–Crippen MR) is 71.1 cm³/mol. The Morgan fingerprint density at radius 1 is 1.11 bits per heavy atom. The molecule has 0 unspecified atom stereocenters. The van der Waals surface area contributed by atoms with Gasteiger partial charge in [0.1, 0.15) is 0 Å². The van der Waals surface area contributed by atoms with E-state index in [2.05, 4.69) is 0 Å². The molecule has 0 aliphatic rings. The zero-order valence-corrected chi connectivity index (χ0v) is 10.5. The number of phenolic OH excluding ortho intramolecular Hbond substituents is 1. The number of fused-ring (bicyclic) bond motifs is 3. The van der Waals surface area contributed by atoms with Gasteiger partial charge in [-0.1, -0.05) is 12.1 Å². The first-order valence-electron chi connectivity index (χ1n) is 5.85. The molecule has 4 heteroatoms. The molecule has 19 heavy (non-hydrogen) atoms. The van der Waals surface area contributed by atoms with Crippen LogP contribution in [-0.4, -0.2) is 5.11 Å². The van der Waals surface area contributed by atoms with Crippen LogP contribution >= 0.6 is 0 Å². The molecule has 0 bridgehead atoms. The van der Waals surface area contributed by atoms with Gasteiger partial charge in [0.15, 0.2) is 11.3 Å². The van der Waals surface area contributed by atoms with Gasteiger partial charge in [0.25, 0.3) is 0 Å². The number of halogens is 1. The summed E-state index contributed by atoms with van der Waals surface area (Å²) < 4.78 is 18.8. The second-order valence-electron chi connectivity index (χ2n) is 4.59. The summed E-state index contributed by atoms with van der Waals surface area (Å²) in [5.74, 6) is -1.44. The molecule has 0 fully saturated rings. The molecule has 3 aromatic rings. The van der Waals surface area contributed by atoms with Crippen LogP contribution in [0.1, 0.15) is 11.1 Å². The van der Waals surface area contributed by atoms with Crippen molar-refractivity contribution in [3.63, 3.8) is 0 Å². The van der Waals surface area contributed by atoms with Gasteiger partial charge in [0.05, 0.1) is 5.39 Å². The van der Waals surface area contributed by atoms with Crippen molar-refractivity contribution in [2.24, 2.45) is 0 Å².